The standard InChI is InChI=1S/C19H17ClF3N5O4S/c1-26-15-10(8-24-17(25-15)33(2,31)32)9-28(18(26)30)13-6-7-27(16(29)19(21,22)23)14-11(13)4-3-5-12(14)20/h3-5,8,13H,6-7,9H2,1-2H3. The largest absolute Gasteiger partial charge is 0.471 e. The van der Waals surface area contributed by atoms with Gasteiger partial charge in [-0.05, 0) is 12.5 Å². The number of fused-ring (bicyclic) bond motifs is 2. The van der Waals surface area contributed by atoms with Gasteiger partial charge < -0.3 is 9.80 Å². The Hall–Kier alpha value is -2.93. The molecule has 0 fully saturated rings. The minimum Gasteiger partial charge on any atom is -0.313 e. The third kappa shape index (κ3) is 3.99. The first kappa shape index (κ1) is 23.2. The summed E-state index contributed by atoms with van der Waals surface area (Å²) in [4.78, 5) is 36.2. The van der Waals surface area contributed by atoms with Gasteiger partial charge in [-0.1, -0.05) is 23.7 Å². The first-order chi connectivity index (χ1) is 15.3. The second-order valence-corrected chi connectivity index (χ2v) is 10.00. The molecule has 0 radical (unpaired) electrons. The topological polar surface area (TPSA) is 104 Å². The van der Waals surface area contributed by atoms with Gasteiger partial charge in [-0.3, -0.25) is 9.69 Å². The van der Waals surface area contributed by atoms with Crippen molar-refractivity contribution < 1.29 is 31.2 Å². The van der Waals surface area contributed by atoms with Crippen LogP contribution in [-0.4, -0.2) is 61.2 Å². The smallest absolute Gasteiger partial charge is 0.313 e. The number of halogens is 4. The zero-order valence-electron chi connectivity index (χ0n) is 17.3. The molecular weight excluding hydrogens is 487 g/mol. The molecule has 0 saturated heterocycles. The summed E-state index contributed by atoms with van der Waals surface area (Å²) in [5.41, 5.74) is 0.662. The lowest BCUT2D eigenvalue weighted by atomic mass is 9.94. The molecule has 0 saturated carbocycles. The number of carbonyl (C=O) groups is 2. The van der Waals surface area contributed by atoms with Gasteiger partial charge in [0.25, 0.3) is 0 Å². The van der Waals surface area contributed by atoms with Crippen LogP contribution >= 0.6 is 11.6 Å². The van der Waals surface area contributed by atoms with Gasteiger partial charge in [0, 0.05) is 37.2 Å². The molecule has 9 nitrogen and oxygen atoms in total. The first-order valence-corrected chi connectivity index (χ1v) is 11.8. The van der Waals surface area contributed by atoms with Crippen molar-refractivity contribution in [3.63, 3.8) is 0 Å². The number of benzene rings is 1. The van der Waals surface area contributed by atoms with E-state index in [1.165, 1.54) is 36.3 Å². The predicted octanol–water partition coefficient (Wildman–Crippen LogP) is 2.95. The lowest BCUT2D eigenvalue weighted by molar-refractivity contribution is -0.170. The fourth-order valence-electron chi connectivity index (χ4n) is 4.02. The molecular formula is C19H17ClF3N5O4S. The number of hydrogen-bond acceptors (Lipinski definition) is 6. The summed E-state index contributed by atoms with van der Waals surface area (Å²) in [6.45, 7) is -0.310. The lowest BCUT2D eigenvalue weighted by Crippen LogP contribution is -2.51. The number of anilines is 2. The monoisotopic (exact) mass is 503 g/mol. The van der Waals surface area contributed by atoms with E-state index < -0.39 is 39.2 Å². The average molecular weight is 504 g/mol. The number of nitrogens with zero attached hydrogens (tertiary/aromatic N) is 5. The molecule has 1 atom stereocenters. The second-order valence-electron chi connectivity index (χ2n) is 7.68. The maximum Gasteiger partial charge on any atom is 0.471 e. The van der Waals surface area contributed by atoms with E-state index in [1.807, 2.05) is 0 Å². The molecule has 176 valence electrons. The number of hydrogen-bond donors (Lipinski definition) is 0. The highest BCUT2D eigenvalue weighted by Crippen LogP contribution is 2.44. The fourth-order valence-corrected chi connectivity index (χ4v) is 4.81. The van der Waals surface area contributed by atoms with Crippen molar-refractivity contribution in [3.8, 4) is 0 Å². The highest BCUT2D eigenvalue weighted by Gasteiger charge is 2.47. The van der Waals surface area contributed by atoms with Crippen LogP contribution in [0.25, 0.3) is 0 Å². The van der Waals surface area contributed by atoms with Crippen molar-refractivity contribution in [1.82, 2.24) is 14.9 Å². The minimum absolute atomic E-state index is 0.00755. The van der Waals surface area contributed by atoms with E-state index in [-0.39, 0.29) is 36.0 Å². The molecule has 3 heterocycles. The number of amides is 3. The van der Waals surface area contributed by atoms with Crippen molar-refractivity contribution in [2.75, 3.05) is 29.6 Å². The van der Waals surface area contributed by atoms with E-state index in [1.54, 1.807) is 0 Å². The second kappa shape index (κ2) is 7.83. The number of alkyl halides is 3. The van der Waals surface area contributed by atoms with E-state index in [9.17, 15) is 31.2 Å². The Bertz CT molecular complexity index is 1270. The summed E-state index contributed by atoms with van der Waals surface area (Å²) in [6, 6.07) is 3.21. The molecule has 2 aromatic rings. The van der Waals surface area contributed by atoms with Crippen LogP contribution in [0.4, 0.5) is 29.5 Å². The van der Waals surface area contributed by atoms with E-state index >= 15 is 0 Å². The summed E-state index contributed by atoms with van der Waals surface area (Å²) in [5.74, 6) is -1.91. The molecule has 0 bridgehead atoms. The summed E-state index contributed by atoms with van der Waals surface area (Å²) in [6.07, 6.45) is -2.80. The highest BCUT2D eigenvalue weighted by atomic mass is 35.5. The Labute approximate surface area is 191 Å². The summed E-state index contributed by atoms with van der Waals surface area (Å²) < 4.78 is 63.0. The van der Waals surface area contributed by atoms with Gasteiger partial charge in [-0.2, -0.15) is 13.2 Å². The number of carbonyl (C=O) groups excluding carboxylic acids is 2. The van der Waals surface area contributed by atoms with Gasteiger partial charge >= 0.3 is 18.1 Å². The number of aromatic nitrogens is 2. The molecule has 0 spiro atoms. The molecule has 33 heavy (non-hydrogen) atoms. The van der Waals surface area contributed by atoms with E-state index in [0.29, 0.717) is 16.0 Å². The molecule has 4 rings (SSSR count). The number of para-hydroxylation sites is 1. The Balaban J connectivity index is 1.75. The van der Waals surface area contributed by atoms with Crippen LogP contribution in [0, 0.1) is 0 Å². The van der Waals surface area contributed by atoms with E-state index in [4.69, 9.17) is 11.6 Å². The van der Waals surface area contributed by atoms with Crippen molar-refractivity contribution in [2.24, 2.45) is 0 Å². The van der Waals surface area contributed by atoms with E-state index in [0.717, 1.165) is 11.2 Å². The molecule has 3 amide bonds. The van der Waals surface area contributed by atoms with Gasteiger partial charge in [0.2, 0.25) is 15.0 Å². The van der Waals surface area contributed by atoms with Crippen LogP contribution in [0.1, 0.15) is 23.6 Å². The Morgan fingerprint density at radius 1 is 1.27 bits per heavy atom. The van der Waals surface area contributed by atoms with Crippen molar-refractivity contribution in [1.29, 1.82) is 0 Å². The number of sulfone groups is 1. The molecule has 14 heteroatoms. The van der Waals surface area contributed by atoms with Crippen LogP contribution in [0.3, 0.4) is 0 Å². The van der Waals surface area contributed by atoms with Crippen LogP contribution in [0.5, 0.6) is 0 Å². The molecule has 1 aromatic heterocycles. The zero-order valence-corrected chi connectivity index (χ0v) is 18.9. The van der Waals surface area contributed by atoms with Crippen LogP contribution in [-0.2, 0) is 21.2 Å². The highest BCUT2D eigenvalue weighted by molar-refractivity contribution is 7.90. The van der Waals surface area contributed by atoms with Gasteiger partial charge in [-0.25, -0.2) is 23.2 Å². The van der Waals surface area contributed by atoms with Crippen LogP contribution < -0.4 is 9.80 Å². The average Bonchev–Trinajstić information content (AvgIpc) is 2.74. The SMILES string of the molecule is CN1C(=O)N(C2CCN(C(=O)C(F)(F)F)c3c(Cl)cccc32)Cc2cnc(S(C)(=O)=O)nc21. The Morgan fingerprint density at radius 3 is 2.61 bits per heavy atom. The zero-order chi connectivity index (χ0) is 24.3. The number of rotatable bonds is 2. The third-order valence-electron chi connectivity index (χ3n) is 5.48. The number of urea groups is 1. The Morgan fingerprint density at radius 2 is 1.97 bits per heavy atom. The third-order valence-corrected chi connectivity index (χ3v) is 6.64. The van der Waals surface area contributed by atoms with E-state index in [2.05, 4.69) is 9.97 Å². The molecule has 0 aliphatic carbocycles. The fraction of sp³-hybridized carbons (Fsp3) is 0.368. The summed E-state index contributed by atoms with van der Waals surface area (Å²) >= 11 is 6.19. The molecule has 1 aromatic carbocycles. The first-order valence-electron chi connectivity index (χ1n) is 9.58. The summed E-state index contributed by atoms with van der Waals surface area (Å²) in [5, 5.41) is -0.473. The van der Waals surface area contributed by atoms with Gasteiger partial charge in [0.1, 0.15) is 5.82 Å². The van der Waals surface area contributed by atoms with Gasteiger partial charge in [0.05, 0.1) is 23.3 Å². The minimum atomic E-state index is -5.09. The van der Waals surface area contributed by atoms with Crippen molar-refractivity contribution >= 4 is 44.9 Å². The quantitative estimate of drug-likeness (QED) is 0.584. The van der Waals surface area contributed by atoms with Gasteiger partial charge in [-0.15, -0.1) is 0 Å². The molecule has 0 N–H and O–H groups in total. The summed E-state index contributed by atoms with van der Waals surface area (Å²) in [7, 11) is -2.29. The van der Waals surface area contributed by atoms with Crippen molar-refractivity contribution in [3.05, 3.63) is 40.5 Å². The van der Waals surface area contributed by atoms with Crippen molar-refractivity contribution in [2.45, 2.75) is 30.3 Å². The normalized spacial score (nSPS) is 18.8. The van der Waals surface area contributed by atoms with Gasteiger partial charge in [0.15, 0.2) is 0 Å². The molecule has 1 unspecified atom stereocenters. The molecule has 2 aliphatic rings. The van der Waals surface area contributed by atoms with Crippen LogP contribution in [0.2, 0.25) is 5.02 Å². The lowest BCUT2D eigenvalue weighted by Gasteiger charge is -2.43. The van der Waals surface area contributed by atoms with Crippen LogP contribution in [0.15, 0.2) is 29.6 Å². The maximum atomic E-state index is 13.2. The Kier molecular flexibility index (Phi) is 5.52. The predicted molar refractivity (Wildman–Crippen MR) is 112 cm³/mol. The maximum absolute atomic E-state index is 13.2. The molecule has 2 aliphatic heterocycles.